The molecule has 0 aromatic carbocycles. The second-order valence-corrected chi connectivity index (χ2v) is 9.80. The average Bonchev–Trinajstić information content (AvgIpc) is 3.59. The Morgan fingerprint density at radius 1 is 1.18 bits per heavy atom. The molecule has 3 atom stereocenters. The van der Waals surface area contributed by atoms with Crippen molar-refractivity contribution in [2.45, 2.75) is 50.7 Å². The minimum Gasteiger partial charge on any atom is -0.481 e. The van der Waals surface area contributed by atoms with Gasteiger partial charge >= 0.3 is 5.97 Å². The quantitative estimate of drug-likeness (QED) is 0.532. The number of nitrogens with zero attached hydrogens (tertiary/aromatic N) is 3. The fraction of sp³-hybridized carbons (Fsp3) is 0.500. The van der Waals surface area contributed by atoms with E-state index in [1.165, 1.54) is 0 Å². The lowest BCUT2D eigenvalue weighted by Crippen LogP contribution is -2.60. The molecule has 0 saturated heterocycles. The third-order valence-electron chi connectivity index (χ3n) is 7.90. The minimum absolute atomic E-state index is 0.0674. The van der Waals surface area contributed by atoms with E-state index in [-0.39, 0.29) is 34.9 Å². The number of fused-ring (bicyclic) bond motifs is 4. The van der Waals surface area contributed by atoms with Crippen molar-refractivity contribution in [3.8, 4) is 6.07 Å². The highest BCUT2D eigenvalue weighted by atomic mass is 19.1. The predicted octanol–water partition coefficient (Wildman–Crippen LogP) is 3.37. The summed E-state index contributed by atoms with van der Waals surface area (Å²) in [5.41, 5.74) is 1.89. The van der Waals surface area contributed by atoms with E-state index in [4.69, 9.17) is 0 Å². The van der Waals surface area contributed by atoms with E-state index in [0.29, 0.717) is 22.5 Å². The third-order valence-corrected chi connectivity index (χ3v) is 7.90. The fourth-order valence-electron chi connectivity index (χ4n) is 6.20. The number of halogens is 2. The van der Waals surface area contributed by atoms with Crippen molar-refractivity contribution in [3.05, 3.63) is 40.9 Å². The molecule has 10 heteroatoms. The Bertz CT molecular complexity index is 1280. The first-order valence-electron chi connectivity index (χ1n) is 11.8. The van der Waals surface area contributed by atoms with Crippen molar-refractivity contribution < 1.29 is 18.7 Å². The number of aromatic amines is 1. The van der Waals surface area contributed by atoms with Gasteiger partial charge in [-0.2, -0.15) is 9.65 Å². The molecule has 4 fully saturated rings. The first-order chi connectivity index (χ1) is 16.5. The lowest BCUT2D eigenvalue weighted by Gasteiger charge is -2.48. The molecule has 3 heterocycles. The number of hydrogen-bond acceptors (Lipinski definition) is 6. The Labute approximate surface area is 194 Å². The molecule has 4 saturated carbocycles. The van der Waals surface area contributed by atoms with Gasteiger partial charge in [0, 0.05) is 23.4 Å². The number of carboxylic acid groups (broad SMARTS) is 1. The molecule has 2 aromatic heterocycles. The number of nitriles is 1. The number of rotatable bonds is 5. The molecule has 4 N–H and O–H groups in total. The highest BCUT2D eigenvalue weighted by Gasteiger charge is 2.49. The maximum atomic E-state index is 15.9. The van der Waals surface area contributed by atoms with Crippen molar-refractivity contribution >= 4 is 22.8 Å². The molecule has 176 valence electrons. The summed E-state index contributed by atoms with van der Waals surface area (Å²) in [6.45, 7) is 0. The van der Waals surface area contributed by atoms with E-state index in [9.17, 15) is 19.6 Å². The molecule has 7 rings (SSSR count). The van der Waals surface area contributed by atoms with Gasteiger partial charge in [-0.1, -0.05) is 0 Å². The summed E-state index contributed by atoms with van der Waals surface area (Å²) in [4.78, 5) is 23.0. The summed E-state index contributed by atoms with van der Waals surface area (Å²) in [6, 6.07) is 1.77. The number of allylic oxidation sites excluding steroid dienone is 2. The van der Waals surface area contributed by atoms with Crippen LogP contribution in [0.3, 0.4) is 0 Å². The minimum atomic E-state index is -0.986. The van der Waals surface area contributed by atoms with Crippen LogP contribution in [-0.2, 0) is 4.79 Å². The Kier molecular flexibility index (Phi) is 4.92. The van der Waals surface area contributed by atoms with Crippen LogP contribution >= 0.6 is 0 Å². The Balaban J connectivity index is 1.42. The van der Waals surface area contributed by atoms with E-state index in [1.807, 2.05) is 0 Å². The van der Waals surface area contributed by atoms with Crippen molar-refractivity contribution in [3.63, 3.8) is 0 Å². The smallest absolute Gasteiger partial charge is 0.308 e. The van der Waals surface area contributed by atoms with Crippen LogP contribution in [-0.4, -0.2) is 38.2 Å². The van der Waals surface area contributed by atoms with Crippen LogP contribution in [0.25, 0.3) is 16.9 Å². The highest BCUT2D eigenvalue weighted by molar-refractivity contribution is 5.91. The first kappa shape index (κ1) is 21.2. The van der Waals surface area contributed by atoms with Crippen molar-refractivity contribution in [1.82, 2.24) is 25.6 Å². The molecule has 34 heavy (non-hydrogen) atoms. The second-order valence-electron chi connectivity index (χ2n) is 9.80. The van der Waals surface area contributed by atoms with Gasteiger partial charge in [-0.05, 0) is 56.3 Å². The number of carbonyl (C=O) groups is 1. The van der Waals surface area contributed by atoms with Crippen molar-refractivity contribution in [2.24, 2.45) is 23.7 Å². The lowest BCUT2D eigenvalue weighted by molar-refractivity contribution is -0.150. The zero-order chi connectivity index (χ0) is 23.6. The second kappa shape index (κ2) is 7.87. The summed E-state index contributed by atoms with van der Waals surface area (Å²) in [5, 5.41) is 26.3. The number of aromatic nitrogens is 3. The van der Waals surface area contributed by atoms with Gasteiger partial charge in [-0.15, -0.1) is 0 Å². The van der Waals surface area contributed by atoms with Gasteiger partial charge in [-0.3, -0.25) is 10.1 Å². The van der Waals surface area contributed by atoms with Gasteiger partial charge in [-0.25, -0.2) is 14.4 Å². The molecule has 8 nitrogen and oxygen atoms in total. The molecule has 4 aliphatic carbocycles. The van der Waals surface area contributed by atoms with E-state index in [1.54, 1.807) is 6.20 Å². The molecule has 3 unspecified atom stereocenters. The molecule has 5 aliphatic rings. The normalized spacial score (nSPS) is 31.0. The van der Waals surface area contributed by atoms with Crippen molar-refractivity contribution in [1.29, 1.82) is 5.26 Å². The van der Waals surface area contributed by atoms with Crippen LogP contribution in [0.5, 0.6) is 0 Å². The van der Waals surface area contributed by atoms with Crippen LogP contribution < -0.4 is 10.6 Å². The van der Waals surface area contributed by atoms with Gasteiger partial charge in [0.1, 0.15) is 23.6 Å². The van der Waals surface area contributed by atoms with E-state index in [0.717, 1.165) is 44.7 Å². The average molecular weight is 466 g/mol. The Morgan fingerprint density at radius 2 is 1.91 bits per heavy atom. The van der Waals surface area contributed by atoms with Crippen LogP contribution in [0, 0.1) is 41.0 Å². The number of aliphatic carboxylic acids is 1. The summed E-state index contributed by atoms with van der Waals surface area (Å²) < 4.78 is 29.8. The molecule has 2 bridgehead atoms. The maximum absolute atomic E-state index is 15.9. The van der Waals surface area contributed by atoms with Gasteiger partial charge in [0.05, 0.1) is 23.4 Å². The van der Waals surface area contributed by atoms with Crippen molar-refractivity contribution in [2.75, 3.05) is 0 Å². The zero-order valence-electron chi connectivity index (χ0n) is 18.3. The van der Waals surface area contributed by atoms with E-state index >= 15 is 4.39 Å². The number of nitrogens with one attached hydrogen (secondary N) is 3. The van der Waals surface area contributed by atoms with E-state index in [2.05, 4.69) is 31.7 Å². The molecular weight excluding hydrogens is 442 g/mol. The maximum Gasteiger partial charge on any atom is 0.308 e. The lowest BCUT2D eigenvalue weighted by atomic mass is 9.61. The summed E-state index contributed by atoms with van der Waals surface area (Å²) in [7, 11) is 0. The summed E-state index contributed by atoms with van der Waals surface area (Å²) in [6.07, 6.45) is 6.76. The van der Waals surface area contributed by atoms with Gasteiger partial charge in [0.25, 0.3) is 0 Å². The van der Waals surface area contributed by atoms with E-state index < -0.39 is 29.8 Å². The van der Waals surface area contributed by atoms with Crippen LogP contribution in [0.15, 0.2) is 29.4 Å². The number of carboxylic acids is 1. The van der Waals surface area contributed by atoms with Crippen LogP contribution in [0.1, 0.15) is 44.1 Å². The monoisotopic (exact) mass is 466 g/mol. The van der Waals surface area contributed by atoms with Gasteiger partial charge < -0.3 is 15.4 Å². The molecule has 1 aliphatic heterocycles. The number of H-pyrrole nitrogens is 1. The number of hydrogen-bond donors (Lipinski definition) is 4. The Hall–Kier alpha value is -3.32. The van der Waals surface area contributed by atoms with Gasteiger partial charge in [0.15, 0.2) is 5.65 Å². The molecule has 0 radical (unpaired) electrons. The van der Waals surface area contributed by atoms with Gasteiger partial charge in [0.2, 0.25) is 5.95 Å². The zero-order valence-corrected chi connectivity index (χ0v) is 18.3. The fourth-order valence-corrected chi connectivity index (χ4v) is 6.20. The predicted molar refractivity (Wildman–Crippen MR) is 118 cm³/mol. The molecule has 0 spiro atoms. The first-order valence-corrected chi connectivity index (χ1v) is 11.8. The molecule has 2 aromatic rings. The third kappa shape index (κ3) is 3.29. The topological polar surface area (TPSA) is 127 Å². The number of dihydropyridines is 1. The van der Waals surface area contributed by atoms with Crippen LogP contribution in [0.2, 0.25) is 0 Å². The summed E-state index contributed by atoms with van der Waals surface area (Å²) in [5.74, 6) is -2.50. The largest absolute Gasteiger partial charge is 0.481 e. The standard InChI is InChI=1S/C24H24F2N6O2/c25-15-9-29-23-21(30-15)14(8-28-23)20-13(7-27)16(10-1-2-10)18(26)22(32-20)31-19-12-5-3-11(4-6-12)17(19)24(33)34/h8-12,17,19,22,31-32H,1-6H2,(H,28,29)(H,33,34). The highest BCUT2D eigenvalue weighted by Crippen LogP contribution is 2.48. The SMILES string of the molecule is N#CC1=C(c2c[nH]c3ncc(F)nc23)NC(NC2C3CCC(CC3)C2C(=O)O)C(F)=C1C1CC1. The molecule has 0 amide bonds. The van der Waals surface area contributed by atoms with Crippen LogP contribution in [0.4, 0.5) is 8.78 Å². The Morgan fingerprint density at radius 3 is 2.59 bits per heavy atom. The molecular formula is C24H24F2N6O2. The summed E-state index contributed by atoms with van der Waals surface area (Å²) >= 11 is 0.